The van der Waals surface area contributed by atoms with Crippen LogP contribution in [-0.4, -0.2) is 22.5 Å². The fraction of sp³-hybridized carbons (Fsp3) is 0.609. The Bertz CT molecular complexity index is 778. The molecule has 0 spiro atoms. The fourth-order valence-electron chi connectivity index (χ4n) is 3.53. The molecular weight excluding hydrogens is 336 g/mol. The summed E-state index contributed by atoms with van der Waals surface area (Å²) in [5.74, 6) is 0. The average molecular weight is 375 g/mol. The normalized spacial score (nSPS) is 13.9. The molecule has 2 rings (SSSR count). The maximum Gasteiger partial charge on any atom is 0.0501 e. The molecule has 1 N–H and O–H groups in total. The molecule has 2 aromatic heterocycles. The number of hydrogen-bond acceptors (Lipinski definition) is 1. The van der Waals surface area contributed by atoms with E-state index in [9.17, 15) is 0 Å². The van der Waals surface area contributed by atoms with Gasteiger partial charge in [0, 0.05) is 38.9 Å². The smallest absolute Gasteiger partial charge is 0.0501 e. The predicted octanol–water partition coefficient (Wildman–Crippen LogP) is 6.59. The van der Waals surface area contributed by atoms with E-state index in [0.717, 1.165) is 0 Å². The summed E-state index contributed by atoms with van der Waals surface area (Å²) in [5, 5.41) is 0. The summed E-state index contributed by atoms with van der Waals surface area (Å²) in [5.41, 5.74) is 6.62. The zero-order valence-electron chi connectivity index (χ0n) is 18.6. The van der Waals surface area contributed by atoms with Crippen molar-refractivity contribution in [3.05, 3.63) is 35.3 Å². The third-order valence-electron chi connectivity index (χ3n) is 4.73. The van der Waals surface area contributed by atoms with Gasteiger partial charge in [0.05, 0.1) is 5.69 Å². The molecule has 0 aliphatic carbocycles. The summed E-state index contributed by atoms with van der Waals surface area (Å²) in [6.07, 6.45) is 6.66. The van der Waals surface area contributed by atoms with Crippen LogP contribution in [0.3, 0.4) is 0 Å². The summed E-state index contributed by atoms with van der Waals surface area (Å²) in [7, 11) is -0.165. The Morgan fingerprint density at radius 1 is 0.846 bits per heavy atom. The lowest BCUT2D eigenvalue weighted by molar-refractivity contribution is 0.515. The van der Waals surface area contributed by atoms with Gasteiger partial charge in [-0.15, -0.1) is 0 Å². The number of nitrogens with one attached hydrogen (secondary N) is 1. The van der Waals surface area contributed by atoms with Crippen molar-refractivity contribution in [2.24, 2.45) is 0 Å². The van der Waals surface area contributed by atoms with Gasteiger partial charge in [0.2, 0.25) is 0 Å². The first-order chi connectivity index (χ1) is 11.6. The second-order valence-electron chi connectivity index (χ2n) is 10.7. The molecule has 0 amide bonds. The zero-order valence-corrected chi connectivity index (χ0v) is 19.5. The highest BCUT2D eigenvalue weighted by molar-refractivity contribution is 8.15. The van der Waals surface area contributed by atoms with E-state index in [4.69, 9.17) is 4.98 Å². The molecule has 0 atom stereocenters. The number of rotatable bonds is 2. The summed E-state index contributed by atoms with van der Waals surface area (Å²) in [6, 6.07) is 4.58. The van der Waals surface area contributed by atoms with Crippen LogP contribution >= 0.6 is 10.9 Å². The van der Waals surface area contributed by atoms with Crippen molar-refractivity contribution < 1.29 is 0 Å². The van der Waals surface area contributed by atoms with Gasteiger partial charge < -0.3 is 4.98 Å². The molecule has 26 heavy (non-hydrogen) atoms. The van der Waals surface area contributed by atoms with Crippen molar-refractivity contribution >= 4 is 10.9 Å². The highest BCUT2D eigenvalue weighted by atomic mass is 32.2. The monoisotopic (exact) mass is 374 g/mol. The molecule has 2 nitrogen and oxygen atoms in total. The Labute approximate surface area is 163 Å². The van der Waals surface area contributed by atoms with Crippen molar-refractivity contribution in [3.8, 4) is 11.3 Å². The van der Waals surface area contributed by atoms with Gasteiger partial charge in [0.25, 0.3) is 0 Å². The second kappa shape index (κ2) is 6.74. The van der Waals surface area contributed by atoms with Gasteiger partial charge in [-0.2, -0.15) is 0 Å². The molecule has 0 saturated carbocycles. The second-order valence-corrected chi connectivity index (χ2v) is 12.9. The number of nitrogens with zero attached hydrogens (tertiary/aromatic N) is 1. The number of hydrogen-bond donors (Lipinski definition) is 2. The van der Waals surface area contributed by atoms with Crippen LogP contribution in [0.25, 0.3) is 11.3 Å². The number of H-pyrrole nitrogens is 1. The first kappa shape index (κ1) is 21.1. The van der Waals surface area contributed by atoms with Crippen molar-refractivity contribution in [2.45, 2.75) is 83.5 Å². The van der Waals surface area contributed by atoms with Gasteiger partial charge >= 0.3 is 0 Å². The molecule has 0 aliphatic heterocycles. The van der Waals surface area contributed by atoms with E-state index in [2.05, 4.69) is 91.9 Å². The van der Waals surface area contributed by atoms with E-state index in [0.29, 0.717) is 0 Å². The Kier molecular flexibility index (Phi) is 5.47. The van der Waals surface area contributed by atoms with E-state index in [-0.39, 0.29) is 27.1 Å². The first-order valence-electron chi connectivity index (χ1n) is 9.55. The summed E-state index contributed by atoms with van der Waals surface area (Å²) in [4.78, 5) is 10.1. The zero-order chi connectivity index (χ0) is 20.1. The Balaban J connectivity index is 2.82. The fourth-order valence-corrected chi connectivity index (χ4v) is 4.75. The SMILES string of the molecule is C[SH](C)c1cc(-c2ccnc(C(C)(C)C)c2C(C)(C)C)[nH]c1C(C)(C)C. The number of aromatic amines is 1. The maximum atomic E-state index is 4.81. The standard InChI is InChI=1S/C23H38N2S/c1-21(2,3)18-15(12-13-24-20(18)23(7,8)9)16-14-17(26(10)11)19(25-16)22(4,5)6/h12-14,25-26H,1-11H3. The van der Waals surface area contributed by atoms with Gasteiger partial charge in [-0.05, 0) is 35.6 Å². The lowest BCUT2D eigenvalue weighted by Crippen LogP contribution is -2.24. The van der Waals surface area contributed by atoms with Crippen LogP contribution in [0.4, 0.5) is 0 Å². The predicted molar refractivity (Wildman–Crippen MR) is 119 cm³/mol. The molecule has 0 aromatic carbocycles. The molecule has 0 radical (unpaired) electrons. The Morgan fingerprint density at radius 2 is 1.42 bits per heavy atom. The highest BCUT2D eigenvalue weighted by Crippen LogP contribution is 2.44. The van der Waals surface area contributed by atoms with Gasteiger partial charge in [-0.25, -0.2) is 10.9 Å². The van der Waals surface area contributed by atoms with Gasteiger partial charge in [0.1, 0.15) is 0 Å². The molecular formula is C23H38N2S. The minimum Gasteiger partial charge on any atom is -0.357 e. The van der Waals surface area contributed by atoms with Crippen LogP contribution in [0.15, 0.2) is 23.2 Å². The maximum absolute atomic E-state index is 4.81. The number of pyridine rings is 1. The van der Waals surface area contributed by atoms with Crippen molar-refractivity contribution in [3.63, 3.8) is 0 Å². The van der Waals surface area contributed by atoms with Crippen molar-refractivity contribution in [1.29, 1.82) is 0 Å². The molecule has 0 unspecified atom stereocenters. The van der Waals surface area contributed by atoms with E-state index in [1.165, 1.54) is 33.1 Å². The molecule has 0 saturated heterocycles. The minimum absolute atomic E-state index is 0.0169. The molecule has 0 aliphatic rings. The van der Waals surface area contributed by atoms with Crippen LogP contribution in [0.2, 0.25) is 0 Å². The third kappa shape index (κ3) is 4.19. The molecule has 0 bridgehead atoms. The van der Waals surface area contributed by atoms with E-state index < -0.39 is 0 Å². The largest absolute Gasteiger partial charge is 0.357 e. The average Bonchev–Trinajstić information content (AvgIpc) is 2.90. The molecule has 3 heteroatoms. The summed E-state index contributed by atoms with van der Waals surface area (Å²) in [6.45, 7) is 20.5. The lowest BCUT2D eigenvalue weighted by Gasteiger charge is -2.31. The summed E-state index contributed by atoms with van der Waals surface area (Å²) < 4.78 is 0. The Morgan fingerprint density at radius 3 is 1.81 bits per heavy atom. The summed E-state index contributed by atoms with van der Waals surface area (Å²) >= 11 is 0. The van der Waals surface area contributed by atoms with E-state index in [1.54, 1.807) is 0 Å². The van der Waals surface area contributed by atoms with Crippen LogP contribution < -0.4 is 0 Å². The van der Waals surface area contributed by atoms with Gasteiger partial charge in [-0.3, -0.25) is 4.98 Å². The van der Waals surface area contributed by atoms with Crippen molar-refractivity contribution in [1.82, 2.24) is 9.97 Å². The quantitative estimate of drug-likeness (QED) is 0.570. The molecule has 146 valence electrons. The van der Waals surface area contributed by atoms with E-state index >= 15 is 0 Å². The van der Waals surface area contributed by atoms with Crippen molar-refractivity contribution in [2.75, 3.05) is 12.5 Å². The molecule has 2 heterocycles. The number of aromatic nitrogens is 2. The molecule has 2 aromatic rings. The highest BCUT2D eigenvalue weighted by Gasteiger charge is 2.31. The molecule has 0 fully saturated rings. The first-order valence-corrected chi connectivity index (χ1v) is 11.8. The van der Waals surface area contributed by atoms with Gasteiger partial charge in [-0.1, -0.05) is 62.3 Å². The van der Waals surface area contributed by atoms with Crippen LogP contribution in [-0.2, 0) is 16.2 Å². The van der Waals surface area contributed by atoms with E-state index in [1.807, 2.05) is 6.20 Å². The lowest BCUT2D eigenvalue weighted by atomic mass is 9.75. The third-order valence-corrected chi connectivity index (χ3v) is 6.05. The Hall–Kier alpha value is -1.22. The van der Waals surface area contributed by atoms with Gasteiger partial charge in [0.15, 0.2) is 0 Å². The minimum atomic E-state index is -0.165. The van der Waals surface area contributed by atoms with Crippen LogP contribution in [0, 0.1) is 0 Å². The van der Waals surface area contributed by atoms with Crippen LogP contribution in [0.5, 0.6) is 0 Å². The topological polar surface area (TPSA) is 28.7 Å². The van der Waals surface area contributed by atoms with Crippen LogP contribution in [0.1, 0.15) is 79.3 Å². The number of thiol groups is 1.